The number of epoxide rings is 1. The smallest absolute Gasteiger partial charge is 0.336 e. The third-order valence-electron chi connectivity index (χ3n) is 6.86. The van der Waals surface area contributed by atoms with E-state index in [0.29, 0.717) is 0 Å². The highest BCUT2D eigenvalue weighted by Gasteiger charge is 2.71. The summed E-state index contributed by atoms with van der Waals surface area (Å²) in [6.45, 7) is 4.33. The molecule has 0 amide bonds. The number of carbonyl (C=O) groups is 1. The van der Waals surface area contributed by atoms with Gasteiger partial charge in [0.1, 0.15) is 6.10 Å². The van der Waals surface area contributed by atoms with Crippen LogP contribution in [0.2, 0.25) is 0 Å². The van der Waals surface area contributed by atoms with Crippen molar-refractivity contribution in [2.75, 3.05) is 13.1 Å². The summed E-state index contributed by atoms with van der Waals surface area (Å²) >= 11 is 0. The number of nitrogens with zero attached hydrogens (tertiary/aromatic N) is 1. The zero-order valence-corrected chi connectivity index (χ0v) is 14.6. The van der Waals surface area contributed by atoms with Gasteiger partial charge in [-0.3, -0.25) is 0 Å². The minimum Gasteiger partial charge on any atom is -0.452 e. The molecule has 0 radical (unpaired) electrons. The van der Waals surface area contributed by atoms with Crippen LogP contribution in [0.5, 0.6) is 0 Å². The van der Waals surface area contributed by atoms with Crippen LogP contribution in [0.1, 0.15) is 58.3 Å². The summed E-state index contributed by atoms with van der Waals surface area (Å²) in [4.78, 5) is 15.1. The van der Waals surface area contributed by atoms with Gasteiger partial charge in [-0.2, -0.15) is 0 Å². The highest BCUT2D eigenvalue weighted by atomic mass is 16.7. The Hall–Kier alpha value is -1.29. The van der Waals surface area contributed by atoms with E-state index in [1.54, 1.807) is 0 Å². The summed E-state index contributed by atoms with van der Waals surface area (Å²) in [5, 5.41) is 0. The second-order valence-corrected chi connectivity index (χ2v) is 8.51. The monoisotopic (exact) mass is 329 g/mol. The molecular formula is C20H27NO3. The molecule has 2 bridgehead atoms. The average molecular weight is 329 g/mol. The highest BCUT2D eigenvalue weighted by Crippen LogP contribution is 2.60. The van der Waals surface area contributed by atoms with E-state index in [1.807, 2.05) is 0 Å². The third kappa shape index (κ3) is 2.11. The van der Waals surface area contributed by atoms with Crippen molar-refractivity contribution >= 4 is 5.97 Å². The van der Waals surface area contributed by atoms with Crippen LogP contribution in [-0.2, 0) is 14.3 Å². The standard InChI is InChI=1S/C20H27NO3/c1-19-9-5-6-14-7-8-16-15(13-21-10-3-2-4-11-21)17(22)23-20(16,12-14)18(19)24-19/h6,13,16,18H,2-5,7-12H2,1H3/b14-6?,15-13-/t16-,18+,19+,20+/m0/s1. The van der Waals surface area contributed by atoms with Crippen molar-refractivity contribution in [2.24, 2.45) is 5.92 Å². The van der Waals surface area contributed by atoms with Crippen molar-refractivity contribution in [3.63, 3.8) is 0 Å². The fourth-order valence-electron chi connectivity index (χ4n) is 5.53. The van der Waals surface area contributed by atoms with Crippen LogP contribution in [0.25, 0.3) is 0 Å². The molecule has 0 unspecified atom stereocenters. The topological polar surface area (TPSA) is 42.1 Å². The van der Waals surface area contributed by atoms with E-state index < -0.39 is 5.60 Å². The lowest BCUT2D eigenvalue weighted by atomic mass is 9.66. The van der Waals surface area contributed by atoms with Gasteiger partial charge >= 0.3 is 5.97 Å². The van der Waals surface area contributed by atoms with Gasteiger partial charge in [-0.25, -0.2) is 4.79 Å². The predicted octanol–water partition coefficient (Wildman–Crippen LogP) is 3.33. The molecule has 3 heterocycles. The van der Waals surface area contributed by atoms with E-state index in [0.717, 1.165) is 50.8 Å². The SMILES string of the molecule is C[C@@]12CCC=C3CC[C@H]4/C(=C/N5CCCCC5)C(=O)O[C@@]4(C3)[C@@H]1O2. The van der Waals surface area contributed by atoms with Crippen molar-refractivity contribution in [2.45, 2.75) is 75.6 Å². The molecule has 0 N–H and O–H groups in total. The minimum absolute atomic E-state index is 0.0789. The summed E-state index contributed by atoms with van der Waals surface area (Å²) in [6, 6.07) is 0. The lowest BCUT2D eigenvalue weighted by Gasteiger charge is -2.39. The Kier molecular flexibility index (Phi) is 3.19. The molecule has 5 aliphatic rings. The summed E-state index contributed by atoms with van der Waals surface area (Å²) in [5.74, 6) is 0.110. The normalized spacial score (nSPS) is 45.7. The molecule has 24 heavy (non-hydrogen) atoms. The summed E-state index contributed by atoms with van der Waals surface area (Å²) < 4.78 is 12.3. The maximum atomic E-state index is 12.8. The van der Waals surface area contributed by atoms with Crippen LogP contribution in [-0.4, -0.2) is 41.3 Å². The molecule has 130 valence electrons. The maximum absolute atomic E-state index is 12.8. The van der Waals surface area contributed by atoms with E-state index >= 15 is 0 Å². The number of esters is 1. The Morgan fingerprint density at radius 2 is 2.12 bits per heavy atom. The lowest BCUT2D eigenvalue weighted by Crippen LogP contribution is -2.47. The maximum Gasteiger partial charge on any atom is 0.336 e. The van der Waals surface area contributed by atoms with Crippen LogP contribution < -0.4 is 0 Å². The Labute approximate surface area is 143 Å². The van der Waals surface area contributed by atoms with Crippen LogP contribution in [0, 0.1) is 5.92 Å². The molecule has 3 saturated heterocycles. The van der Waals surface area contributed by atoms with Crippen molar-refractivity contribution in [1.82, 2.24) is 4.90 Å². The molecule has 0 aromatic carbocycles. The number of likely N-dealkylation sites (tertiary alicyclic amines) is 1. The molecule has 1 saturated carbocycles. The molecule has 4 heteroatoms. The molecule has 3 aliphatic heterocycles. The van der Waals surface area contributed by atoms with Gasteiger partial charge < -0.3 is 14.4 Å². The van der Waals surface area contributed by atoms with E-state index in [2.05, 4.69) is 24.1 Å². The van der Waals surface area contributed by atoms with Crippen LogP contribution in [0.3, 0.4) is 0 Å². The molecule has 1 spiro atoms. The van der Waals surface area contributed by atoms with E-state index in [1.165, 1.54) is 24.8 Å². The van der Waals surface area contributed by atoms with Gasteiger partial charge in [-0.15, -0.1) is 0 Å². The number of carbonyl (C=O) groups excluding carboxylic acids is 1. The number of hydrogen-bond acceptors (Lipinski definition) is 4. The Morgan fingerprint density at radius 1 is 1.29 bits per heavy atom. The van der Waals surface area contributed by atoms with Gasteiger partial charge in [0, 0.05) is 31.6 Å². The minimum atomic E-state index is -0.433. The second kappa shape index (κ2) is 5.10. The van der Waals surface area contributed by atoms with Gasteiger partial charge in [0.2, 0.25) is 0 Å². The first-order valence-electron chi connectivity index (χ1n) is 9.66. The number of fused-ring (bicyclic) bond motifs is 2. The predicted molar refractivity (Wildman–Crippen MR) is 90.3 cm³/mol. The van der Waals surface area contributed by atoms with Crippen molar-refractivity contribution in [3.05, 3.63) is 23.4 Å². The molecule has 4 nitrogen and oxygen atoms in total. The van der Waals surface area contributed by atoms with Crippen LogP contribution >= 0.6 is 0 Å². The number of piperidine rings is 1. The fraction of sp³-hybridized carbons (Fsp3) is 0.750. The molecule has 2 aliphatic carbocycles. The summed E-state index contributed by atoms with van der Waals surface area (Å²) in [6.07, 6.45) is 13.5. The zero-order valence-electron chi connectivity index (χ0n) is 14.6. The van der Waals surface area contributed by atoms with Gasteiger partial charge in [0.15, 0.2) is 5.60 Å². The molecule has 4 fully saturated rings. The van der Waals surface area contributed by atoms with Crippen molar-refractivity contribution in [3.8, 4) is 0 Å². The van der Waals surface area contributed by atoms with Crippen molar-refractivity contribution in [1.29, 1.82) is 0 Å². The summed E-state index contributed by atoms with van der Waals surface area (Å²) in [5.41, 5.74) is 1.85. The molecule has 5 rings (SSSR count). The lowest BCUT2D eigenvalue weighted by molar-refractivity contribution is -0.151. The average Bonchev–Trinajstić information content (AvgIpc) is 3.16. The van der Waals surface area contributed by atoms with Crippen molar-refractivity contribution < 1.29 is 14.3 Å². The van der Waals surface area contributed by atoms with Gasteiger partial charge in [0.25, 0.3) is 0 Å². The van der Waals surface area contributed by atoms with Crippen LogP contribution in [0.15, 0.2) is 23.4 Å². The van der Waals surface area contributed by atoms with Gasteiger partial charge in [0.05, 0.1) is 11.2 Å². The quantitative estimate of drug-likeness (QED) is 0.320. The van der Waals surface area contributed by atoms with Gasteiger partial charge in [-0.05, 0) is 51.9 Å². The van der Waals surface area contributed by atoms with E-state index in [4.69, 9.17) is 9.47 Å². The van der Waals surface area contributed by atoms with E-state index in [-0.39, 0.29) is 23.6 Å². The first-order valence-corrected chi connectivity index (χ1v) is 9.66. The first kappa shape index (κ1) is 15.0. The summed E-state index contributed by atoms with van der Waals surface area (Å²) in [7, 11) is 0. The Morgan fingerprint density at radius 3 is 2.96 bits per heavy atom. The number of ether oxygens (including phenoxy) is 2. The highest BCUT2D eigenvalue weighted by molar-refractivity contribution is 5.92. The molecular weight excluding hydrogens is 302 g/mol. The fourth-order valence-corrected chi connectivity index (χ4v) is 5.53. The Balaban J connectivity index is 1.51. The Bertz CT molecular complexity index is 633. The molecule has 0 aromatic rings. The first-order chi connectivity index (χ1) is 11.6. The van der Waals surface area contributed by atoms with Gasteiger partial charge in [-0.1, -0.05) is 11.6 Å². The molecule has 4 atom stereocenters. The van der Waals surface area contributed by atoms with E-state index in [9.17, 15) is 4.79 Å². The third-order valence-corrected chi connectivity index (χ3v) is 6.86. The zero-order chi connectivity index (χ0) is 16.4. The molecule has 0 aromatic heterocycles. The number of rotatable bonds is 1. The largest absolute Gasteiger partial charge is 0.452 e. The number of allylic oxidation sites excluding steroid dienone is 1. The van der Waals surface area contributed by atoms with Crippen LogP contribution in [0.4, 0.5) is 0 Å². The second-order valence-electron chi connectivity index (χ2n) is 8.51. The number of hydrogen-bond donors (Lipinski definition) is 0.